The third-order valence-electron chi connectivity index (χ3n) is 3.69. The van der Waals surface area contributed by atoms with E-state index < -0.39 is 4.92 Å². The summed E-state index contributed by atoms with van der Waals surface area (Å²) in [4.78, 5) is 24.2. The number of benzene rings is 1. The van der Waals surface area contributed by atoms with Crippen LogP contribution < -0.4 is 0 Å². The van der Waals surface area contributed by atoms with Gasteiger partial charge in [0.05, 0.1) is 9.95 Å². The number of carbonyl (C=O) groups excluding carboxylic acids is 1. The molecule has 1 atom stereocenters. The summed E-state index contributed by atoms with van der Waals surface area (Å²) in [6.07, 6.45) is 2.22. The second-order valence-corrected chi connectivity index (χ2v) is 5.83. The van der Waals surface area contributed by atoms with Gasteiger partial charge in [0.2, 0.25) is 0 Å². The molecule has 1 aliphatic rings. The number of carbonyl (C=O) groups is 1. The van der Waals surface area contributed by atoms with Gasteiger partial charge >= 0.3 is 0 Å². The zero-order valence-electron chi connectivity index (χ0n) is 11.1. The number of nitro benzene ring substituents is 1. The number of hydrogen-bond acceptors (Lipinski definition) is 3. The molecule has 20 heavy (non-hydrogen) atoms. The van der Waals surface area contributed by atoms with Gasteiger partial charge in [-0.2, -0.15) is 0 Å². The van der Waals surface area contributed by atoms with Crippen LogP contribution in [0.4, 0.5) is 5.69 Å². The Balaban J connectivity index is 2.32. The number of amides is 1. The molecule has 0 spiro atoms. The van der Waals surface area contributed by atoms with E-state index >= 15 is 0 Å². The molecule has 1 aliphatic carbocycles. The van der Waals surface area contributed by atoms with E-state index in [-0.39, 0.29) is 33.2 Å². The first kappa shape index (κ1) is 15.1. The third-order valence-corrected chi connectivity index (χ3v) is 4.48. The molecule has 0 bridgehead atoms. The van der Waals surface area contributed by atoms with Crippen LogP contribution in [0.1, 0.15) is 30.1 Å². The first-order valence-electron chi connectivity index (χ1n) is 6.23. The summed E-state index contributed by atoms with van der Waals surface area (Å²) in [7, 11) is 1.69. The predicted octanol–water partition coefficient (Wildman–Crippen LogP) is 3.77. The van der Waals surface area contributed by atoms with E-state index in [1.165, 1.54) is 12.1 Å². The minimum Gasteiger partial charge on any atom is -0.339 e. The zero-order chi connectivity index (χ0) is 15.0. The second-order valence-electron chi connectivity index (χ2n) is 5.04. The normalized spacial score (nSPS) is 15.8. The van der Waals surface area contributed by atoms with Crippen LogP contribution in [0.3, 0.4) is 0 Å². The minimum atomic E-state index is -0.644. The lowest BCUT2D eigenvalue weighted by atomic mass is 10.1. The molecule has 0 N–H and O–H groups in total. The molecule has 1 aromatic carbocycles. The average molecular weight is 317 g/mol. The van der Waals surface area contributed by atoms with E-state index in [1.807, 2.05) is 6.92 Å². The first-order valence-corrected chi connectivity index (χ1v) is 6.99. The zero-order valence-corrected chi connectivity index (χ0v) is 12.6. The molecule has 1 saturated carbocycles. The highest BCUT2D eigenvalue weighted by molar-refractivity contribution is 6.43. The summed E-state index contributed by atoms with van der Waals surface area (Å²) >= 11 is 11.6. The van der Waals surface area contributed by atoms with Gasteiger partial charge in [-0.05, 0) is 31.7 Å². The largest absolute Gasteiger partial charge is 0.339 e. The highest BCUT2D eigenvalue weighted by atomic mass is 35.5. The van der Waals surface area contributed by atoms with E-state index in [4.69, 9.17) is 23.2 Å². The van der Waals surface area contributed by atoms with Crippen molar-refractivity contribution in [3.63, 3.8) is 0 Å². The van der Waals surface area contributed by atoms with Gasteiger partial charge in [-0.25, -0.2) is 0 Å². The Labute approximate surface area is 126 Å². The Morgan fingerprint density at radius 1 is 1.45 bits per heavy atom. The fourth-order valence-corrected chi connectivity index (χ4v) is 2.51. The lowest BCUT2D eigenvalue weighted by Crippen LogP contribution is -2.36. The number of hydrogen-bond donors (Lipinski definition) is 0. The van der Waals surface area contributed by atoms with E-state index in [1.54, 1.807) is 11.9 Å². The summed E-state index contributed by atoms with van der Waals surface area (Å²) in [5.74, 6) is 0.229. The maximum Gasteiger partial charge on any atom is 0.290 e. The maximum atomic E-state index is 12.4. The topological polar surface area (TPSA) is 63.5 Å². The van der Waals surface area contributed by atoms with Gasteiger partial charge in [0.15, 0.2) is 0 Å². The van der Waals surface area contributed by atoms with Gasteiger partial charge in [0.25, 0.3) is 11.6 Å². The van der Waals surface area contributed by atoms with E-state index in [9.17, 15) is 14.9 Å². The van der Waals surface area contributed by atoms with Crippen LogP contribution in [0.25, 0.3) is 0 Å². The lowest BCUT2D eigenvalue weighted by molar-refractivity contribution is -0.384. The fraction of sp³-hybridized carbons (Fsp3) is 0.462. The van der Waals surface area contributed by atoms with Crippen molar-refractivity contribution < 1.29 is 9.72 Å². The van der Waals surface area contributed by atoms with Crippen LogP contribution in [0.15, 0.2) is 12.1 Å². The van der Waals surface area contributed by atoms with Crippen LogP contribution in [0, 0.1) is 16.0 Å². The molecule has 1 aromatic rings. The maximum absolute atomic E-state index is 12.4. The van der Waals surface area contributed by atoms with E-state index in [0.717, 1.165) is 12.8 Å². The van der Waals surface area contributed by atoms with Crippen molar-refractivity contribution >= 4 is 34.8 Å². The van der Waals surface area contributed by atoms with E-state index in [2.05, 4.69) is 0 Å². The minimum absolute atomic E-state index is 0.0108. The molecule has 108 valence electrons. The van der Waals surface area contributed by atoms with Crippen molar-refractivity contribution in [2.75, 3.05) is 7.05 Å². The summed E-state index contributed by atoms with van der Waals surface area (Å²) < 4.78 is 0. The molecule has 0 radical (unpaired) electrons. The molecular weight excluding hydrogens is 303 g/mol. The van der Waals surface area contributed by atoms with Crippen LogP contribution in [0.2, 0.25) is 10.0 Å². The molecule has 0 saturated heterocycles. The molecule has 1 amide bonds. The fourth-order valence-electron chi connectivity index (χ4n) is 2.11. The van der Waals surface area contributed by atoms with Crippen molar-refractivity contribution in [2.45, 2.75) is 25.8 Å². The highest BCUT2D eigenvalue weighted by Crippen LogP contribution is 2.36. The van der Waals surface area contributed by atoms with Gasteiger partial charge in [-0.1, -0.05) is 23.2 Å². The number of nitro groups is 1. The van der Waals surface area contributed by atoms with Crippen molar-refractivity contribution in [1.29, 1.82) is 0 Å². The molecule has 0 aliphatic heterocycles. The molecule has 0 aromatic heterocycles. The molecule has 5 nitrogen and oxygen atoms in total. The number of nitrogens with zero attached hydrogens (tertiary/aromatic N) is 2. The van der Waals surface area contributed by atoms with Crippen molar-refractivity contribution in [3.8, 4) is 0 Å². The molecular formula is C13H14Cl2N2O3. The van der Waals surface area contributed by atoms with Crippen LogP contribution >= 0.6 is 23.2 Å². The molecule has 7 heteroatoms. The van der Waals surface area contributed by atoms with Gasteiger partial charge in [0.1, 0.15) is 5.02 Å². The molecule has 1 unspecified atom stereocenters. The third kappa shape index (κ3) is 2.88. The number of rotatable bonds is 4. The van der Waals surface area contributed by atoms with Crippen LogP contribution in [0.5, 0.6) is 0 Å². The van der Waals surface area contributed by atoms with Crippen LogP contribution in [-0.4, -0.2) is 28.8 Å². The predicted molar refractivity (Wildman–Crippen MR) is 77.4 cm³/mol. The monoisotopic (exact) mass is 316 g/mol. The highest BCUT2D eigenvalue weighted by Gasteiger charge is 2.33. The van der Waals surface area contributed by atoms with Gasteiger partial charge < -0.3 is 4.90 Å². The quantitative estimate of drug-likeness (QED) is 0.627. The summed E-state index contributed by atoms with van der Waals surface area (Å²) in [6, 6.07) is 2.65. The Morgan fingerprint density at radius 2 is 2.05 bits per heavy atom. The Hall–Kier alpha value is -1.33. The van der Waals surface area contributed by atoms with Gasteiger partial charge in [-0.15, -0.1) is 0 Å². The summed E-state index contributed by atoms with van der Waals surface area (Å²) in [5, 5.41) is 10.8. The Bertz CT molecular complexity index is 573. The average Bonchev–Trinajstić information content (AvgIpc) is 3.23. The molecule has 1 fully saturated rings. The lowest BCUT2D eigenvalue weighted by Gasteiger charge is -2.25. The summed E-state index contributed by atoms with van der Waals surface area (Å²) in [5.41, 5.74) is -0.170. The Morgan fingerprint density at radius 3 is 2.55 bits per heavy atom. The van der Waals surface area contributed by atoms with Gasteiger partial charge in [-0.3, -0.25) is 14.9 Å². The van der Waals surface area contributed by atoms with Crippen molar-refractivity contribution in [1.82, 2.24) is 4.90 Å². The first-order chi connectivity index (χ1) is 9.32. The SMILES string of the molecule is CC(C1CC1)N(C)C(=O)c1cc(Cl)c(Cl)c([N+](=O)[O-])c1. The smallest absolute Gasteiger partial charge is 0.290 e. The number of halogens is 2. The van der Waals surface area contributed by atoms with Crippen molar-refractivity contribution in [3.05, 3.63) is 37.9 Å². The van der Waals surface area contributed by atoms with E-state index in [0.29, 0.717) is 5.92 Å². The Kier molecular flexibility index (Phi) is 4.20. The van der Waals surface area contributed by atoms with Crippen LogP contribution in [-0.2, 0) is 0 Å². The standard InChI is InChI=1S/C13H14Cl2N2O3/c1-7(8-3-4-8)16(2)13(18)9-5-10(14)12(15)11(6-9)17(19)20/h5-8H,3-4H2,1-2H3. The van der Waals surface area contributed by atoms with Crippen molar-refractivity contribution in [2.24, 2.45) is 5.92 Å². The second kappa shape index (κ2) is 5.58. The molecule has 0 heterocycles. The molecule has 2 rings (SSSR count). The van der Waals surface area contributed by atoms with Gasteiger partial charge in [0, 0.05) is 24.7 Å². The summed E-state index contributed by atoms with van der Waals surface area (Å²) in [6.45, 7) is 1.97.